The van der Waals surface area contributed by atoms with Crippen LogP contribution >= 0.6 is 0 Å². The lowest BCUT2D eigenvalue weighted by Crippen LogP contribution is -2.33. The van der Waals surface area contributed by atoms with Crippen LogP contribution in [-0.2, 0) is 22.6 Å². The van der Waals surface area contributed by atoms with Crippen LogP contribution in [0.3, 0.4) is 0 Å². The highest BCUT2D eigenvalue weighted by Gasteiger charge is 2.30. The second-order valence-corrected chi connectivity index (χ2v) is 9.35. The highest BCUT2D eigenvalue weighted by Crippen LogP contribution is 2.29. The van der Waals surface area contributed by atoms with Gasteiger partial charge in [-0.15, -0.1) is 0 Å². The van der Waals surface area contributed by atoms with Crippen molar-refractivity contribution < 1.29 is 31.1 Å². The third kappa shape index (κ3) is 6.01. The standard InChI is InChI=1S/C22H25F3N2O4S/c1-31-19-11-8-16(14-20(19)32(29,30)27-18-4-2-3-5-18)21(28)26-13-12-15-6-9-17(10-7-15)22(23,24)25/h6-11,14,18,27H,2-5,12-13H2,1H3,(H,26,28). The summed E-state index contributed by atoms with van der Waals surface area (Å²) in [5, 5.41) is 2.66. The first-order valence-electron chi connectivity index (χ1n) is 10.2. The van der Waals surface area contributed by atoms with E-state index < -0.39 is 27.7 Å². The number of benzene rings is 2. The molecule has 0 radical (unpaired) electrons. The topological polar surface area (TPSA) is 84.5 Å². The summed E-state index contributed by atoms with van der Waals surface area (Å²) in [6, 6.07) is 8.73. The van der Waals surface area contributed by atoms with Crippen molar-refractivity contribution >= 4 is 15.9 Å². The molecule has 0 bridgehead atoms. The summed E-state index contributed by atoms with van der Waals surface area (Å²) in [5.74, 6) is -0.353. The Morgan fingerprint density at radius 3 is 2.34 bits per heavy atom. The first kappa shape index (κ1) is 24.1. The molecule has 3 rings (SSSR count). The lowest BCUT2D eigenvalue weighted by molar-refractivity contribution is -0.137. The van der Waals surface area contributed by atoms with Crippen molar-refractivity contribution in [3.63, 3.8) is 0 Å². The van der Waals surface area contributed by atoms with E-state index in [0.29, 0.717) is 12.0 Å². The van der Waals surface area contributed by atoms with E-state index in [4.69, 9.17) is 4.74 Å². The molecule has 1 amide bonds. The molecule has 0 heterocycles. The number of hydrogen-bond acceptors (Lipinski definition) is 4. The van der Waals surface area contributed by atoms with E-state index >= 15 is 0 Å². The molecule has 32 heavy (non-hydrogen) atoms. The molecule has 6 nitrogen and oxygen atoms in total. The molecule has 0 saturated heterocycles. The van der Waals surface area contributed by atoms with Crippen molar-refractivity contribution in [2.45, 2.75) is 49.2 Å². The highest BCUT2D eigenvalue weighted by molar-refractivity contribution is 7.89. The molecule has 1 saturated carbocycles. The van der Waals surface area contributed by atoms with Crippen LogP contribution in [0.4, 0.5) is 13.2 Å². The minimum absolute atomic E-state index is 0.109. The molecule has 2 aromatic carbocycles. The molecule has 0 aliphatic heterocycles. The molecule has 0 unspecified atom stereocenters. The molecule has 0 spiro atoms. The zero-order valence-electron chi connectivity index (χ0n) is 17.5. The molecule has 1 aliphatic carbocycles. The van der Waals surface area contributed by atoms with Gasteiger partial charge in [0.2, 0.25) is 10.0 Å². The van der Waals surface area contributed by atoms with Crippen LogP contribution in [-0.4, -0.2) is 34.0 Å². The predicted molar refractivity (Wildman–Crippen MR) is 113 cm³/mol. The number of ether oxygens (including phenoxy) is 1. The van der Waals surface area contributed by atoms with Crippen LogP contribution in [0.25, 0.3) is 0 Å². The van der Waals surface area contributed by atoms with Crippen molar-refractivity contribution in [3.8, 4) is 5.75 Å². The molecule has 1 fully saturated rings. The lowest BCUT2D eigenvalue weighted by atomic mass is 10.1. The number of carbonyl (C=O) groups excluding carboxylic acids is 1. The largest absolute Gasteiger partial charge is 0.495 e. The maximum atomic E-state index is 12.8. The SMILES string of the molecule is COc1ccc(C(=O)NCCc2ccc(C(F)(F)F)cc2)cc1S(=O)(=O)NC1CCCC1. The molecule has 2 aromatic rings. The van der Waals surface area contributed by atoms with Gasteiger partial charge in [-0.2, -0.15) is 13.2 Å². The zero-order valence-corrected chi connectivity index (χ0v) is 18.4. The molecule has 1 aliphatic rings. The van der Waals surface area contributed by atoms with Crippen molar-refractivity contribution in [2.24, 2.45) is 0 Å². The van der Waals surface area contributed by atoms with Gasteiger partial charge in [0, 0.05) is 18.2 Å². The maximum absolute atomic E-state index is 12.8. The van der Waals surface area contributed by atoms with Gasteiger partial charge in [0.25, 0.3) is 5.91 Å². The zero-order chi connectivity index (χ0) is 23.4. The van der Waals surface area contributed by atoms with Crippen LogP contribution in [0, 0.1) is 0 Å². The van der Waals surface area contributed by atoms with Gasteiger partial charge in [0.15, 0.2) is 0 Å². The van der Waals surface area contributed by atoms with Gasteiger partial charge in [0.05, 0.1) is 12.7 Å². The van der Waals surface area contributed by atoms with Crippen LogP contribution in [0.5, 0.6) is 5.75 Å². The number of hydrogen-bond donors (Lipinski definition) is 2. The number of alkyl halides is 3. The fourth-order valence-corrected chi connectivity index (χ4v) is 5.14. The third-order valence-corrected chi connectivity index (χ3v) is 6.91. The van der Waals surface area contributed by atoms with Gasteiger partial charge in [0.1, 0.15) is 10.6 Å². The Morgan fingerprint density at radius 1 is 1.09 bits per heavy atom. The van der Waals surface area contributed by atoms with E-state index in [1.165, 1.54) is 37.4 Å². The Kier molecular flexibility index (Phi) is 7.45. The van der Waals surface area contributed by atoms with Gasteiger partial charge in [-0.05, 0) is 55.2 Å². The molecule has 174 valence electrons. The number of sulfonamides is 1. The van der Waals surface area contributed by atoms with E-state index in [-0.39, 0.29) is 28.8 Å². The quantitative estimate of drug-likeness (QED) is 0.613. The highest BCUT2D eigenvalue weighted by atomic mass is 32.2. The van der Waals surface area contributed by atoms with E-state index in [1.54, 1.807) is 0 Å². The maximum Gasteiger partial charge on any atom is 0.416 e. The van der Waals surface area contributed by atoms with Crippen LogP contribution < -0.4 is 14.8 Å². The number of nitrogens with one attached hydrogen (secondary N) is 2. The minimum atomic E-state index is -4.40. The van der Waals surface area contributed by atoms with Gasteiger partial charge < -0.3 is 10.1 Å². The Balaban J connectivity index is 1.65. The Morgan fingerprint density at radius 2 is 1.75 bits per heavy atom. The summed E-state index contributed by atoms with van der Waals surface area (Å²) in [6.45, 7) is 0.179. The van der Waals surface area contributed by atoms with Crippen LogP contribution in [0.2, 0.25) is 0 Å². The molecular weight excluding hydrogens is 445 g/mol. The lowest BCUT2D eigenvalue weighted by Gasteiger charge is -2.16. The Hall–Kier alpha value is -2.59. The first-order valence-corrected chi connectivity index (χ1v) is 11.7. The molecule has 2 N–H and O–H groups in total. The minimum Gasteiger partial charge on any atom is -0.495 e. The number of halogens is 3. The average Bonchev–Trinajstić information content (AvgIpc) is 3.25. The summed E-state index contributed by atoms with van der Waals surface area (Å²) >= 11 is 0. The van der Waals surface area contributed by atoms with Crippen LogP contribution in [0.15, 0.2) is 47.4 Å². The second-order valence-electron chi connectivity index (χ2n) is 7.67. The van der Waals surface area contributed by atoms with Crippen molar-refractivity contribution in [1.29, 1.82) is 0 Å². The summed E-state index contributed by atoms with van der Waals surface area (Å²) in [5.41, 5.74) is 0.0468. The summed E-state index contributed by atoms with van der Waals surface area (Å²) in [7, 11) is -2.51. The van der Waals surface area contributed by atoms with E-state index in [0.717, 1.165) is 37.8 Å². The van der Waals surface area contributed by atoms with E-state index in [1.807, 2.05) is 0 Å². The van der Waals surface area contributed by atoms with Crippen molar-refractivity contribution in [1.82, 2.24) is 10.0 Å². The molecule has 0 aromatic heterocycles. The van der Waals surface area contributed by atoms with Gasteiger partial charge in [-0.3, -0.25) is 4.79 Å². The normalized spacial score (nSPS) is 15.0. The van der Waals surface area contributed by atoms with E-state index in [2.05, 4.69) is 10.0 Å². The summed E-state index contributed by atoms with van der Waals surface area (Å²) in [6.07, 6.45) is -0.602. The van der Waals surface area contributed by atoms with Crippen LogP contribution in [0.1, 0.15) is 47.2 Å². The predicted octanol–water partition coefficient (Wildman–Crippen LogP) is 3.91. The number of carbonyl (C=O) groups is 1. The number of rotatable bonds is 8. The van der Waals surface area contributed by atoms with Crippen molar-refractivity contribution in [2.75, 3.05) is 13.7 Å². The fraction of sp³-hybridized carbons (Fsp3) is 0.409. The first-order chi connectivity index (χ1) is 15.1. The van der Waals surface area contributed by atoms with Gasteiger partial charge >= 0.3 is 6.18 Å². The Bertz CT molecular complexity index is 1050. The third-order valence-electron chi connectivity index (χ3n) is 5.37. The number of methoxy groups -OCH3 is 1. The van der Waals surface area contributed by atoms with E-state index in [9.17, 15) is 26.4 Å². The smallest absolute Gasteiger partial charge is 0.416 e. The number of amides is 1. The van der Waals surface area contributed by atoms with Gasteiger partial charge in [-0.25, -0.2) is 13.1 Å². The molecule has 0 atom stereocenters. The molecule has 10 heteroatoms. The van der Waals surface area contributed by atoms with Gasteiger partial charge in [-0.1, -0.05) is 25.0 Å². The van der Waals surface area contributed by atoms with Crippen molar-refractivity contribution in [3.05, 3.63) is 59.2 Å². The Labute approximate surface area is 185 Å². The second kappa shape index (κ2) is 9.91. The molecular formula is C22H25F3N2O4S. The fourth-order valence-electron chi connectivity index (χ4n) is 3.64. The summed E-state index contributed by atoms with van der Waals surface area (Å²) in [4.78, 5) is 12.4. The monoisotopic (exact) mass is 470 g/mol. The summed E-state index contributed by atoms with van der Waals surface area (Å²) < 4.78 is 71.4. The average molecular weight is 471 g/mol.